The highest BCUT2D eigenvalue weighted by Gasteiger charge is 2.16. The van der Waals surface area contributed by atoms with Gasteiger partial charge >= 0.3 is 0 Å². The van der Waals surface area contributed by atoms with Gasteiger partial charge in [0.15, 0.2) is 16.1 Å². The van der Waals surface area contributed by atoms with Crippen molar-refractivity contribution < 1.29 is 4.79 Å². The molecular formula is C20H18ClN5OS3. The number of carbonyl (C=O) groups excluding carboxylic acids is 1. The zero-order chi connectivity index (χ0) is 21.3. The van der Waals surface area contributed by atoms with Gasteiger partial charge in [0.25, 0.3) is 0 Å². The number of anilines is 1. The zero-order valence-electron chi connectivity index (χ0n) is 16.5. The van der Waals surface area contributed by atoms with Crippen molar-refractivity contribution in [2.24, 2.45) is 7.05 Å². The highest BCUT2D eigenvalue weighted by atomic mass is 35.5. The molecule has 4 aromatic rings. The molecule has 0 aliphatic heterocycles. The lowest BCUT2D eigenvalue weighted by molar-refractivity contribution is -0.113. The number of aromatic nitrogens is 4. The summed E-state index contributed by atoms with van der Waals surface area (Å²) in [4.78, 5) is 18.1. The Labute approximate surface area is 191 Å². The van der Waals surface area contributed by atoms with E-state index in [0.29, 0.717) is 15.3 Å². The highest BCUT2D eigenvalue weighted by molar-refractivity contribution is 7.99. The molecular weight excluding hydrogens is 458 g/mol. The first-order valence-electron chi connectivity index (χ1n) is 9.01. The average Bonchev–Trinajstić information content (AvgIpc) is 3.42. The number of hydrogen-bond acceptors (Lipinski definition) is 7. The van der Waals surface area contributed by atoms with E-state index < -0.39 is 0 Å². The number of carbonyl (C=O) groups is 1. The Balaban J connectivity index is 1.38. The Morgan fingerprint density at radius 3 is 2.63 bits per heavy atom. The van der Waals surface area contributed by atoms with Crippen molar-refractivity contribution in [1.29, 1.82) is 0 Å². The normalized spacial score (nSPS) is 11.1. The third kappa shape index (κ3) is 4.44. The van der Waals surface area contributed by atoms with Gasteiger partial charge in [-0.25, -0.2) is 4.98 Å². The van der Waals surface area contributed by atoms with Gasteiger partial charge in [-0.1, -0.05) is 35.5 Å². The minimum atomic E-state index is -0.135. The summed E-state index contributed by atoms with van der Waals surface area (Å²) in [5.74, 6) is 0.903. The van der Waals surface area contributed by atoms with E-state index in [1.54, 1.807) is 11.3 Å². The van der Waals surface area contributed by atoms with E-state index in [9.17, 15) is 4.79 Å². The molecule has 0 unspecified atom stereocenters. The van der Waals surface area contributed by atoms with E-state index in [0.717, 1.165) is 22.6 Å². The Bertz CT molecular complexity index is 1200. The van der Waals surface area contributed by atoms with Crippen LogP contribution in [0.3, 0.4) is 0 Å². The topological polar surface area (TPSA) is 72.7 Å². The molecule has 6 nitrogen and oxygen atoms in total. The van der Waals surface area contributed by atoms with E-state index in [1.807, 2.05) is 41.3 Å². The van der Waals surface area contributed by atoms with Crippen LogP contribution in [0, 0.1) is 13.8 Å². The molecule has 0 saturated carbocycles. The van der Waals surface area contributed by atoms with Crippen molar-refractivity contribution >= 4 is 57.1 Å². The molecule has 1 N–H and O–H groups in total. The van der Waals surface area contributed by atoms with Gasteiger partial charge in [0.1, 0.15) is 0 Å². The van der Waals surface area contributed by atoms with E-state index in [1.165, 1.54) is 33.5 Å². The van der Waals surface area contributed by atoms with E-state index >= 15 is 0 Å². The molecule has 1 amide bonds. The van der Waals surface area contributed by atoms with E-state index in [-0.39, 0.29) is 11.7 Å². The number of rotatable bonds is 6. The molecule has 0 saturated heterocycles. The fourth-order valence-corrected chi connectivity index (χ4v) is 5.22. The van der Waals surface area contributed by atoms with Crippen molar-refractivity contribution in [2.45, 2.75) is 19.0 Å². The number of aryl methyl sites for hydroxylation is 1. The van der Waals surface area contributed by atoms with Gasteiger partial charge < -0.3 is 9.88 Å². The first-order chi connectivity index (χ1) is 14.4. The van der Waals surface area contributed by atoms with Crippen LogP contribution >= 0.6 is 46.0 Å². The molecule has 0 spiro atoms. The zero-order valence-corrected chi connectivity index (χ0v) is 19.7. The molecule has 3 heterocycles. The fraction of sp³-hybridized carbons (Fsp3) is 0.200. The van der Waals surface area contributed by atoms with Gasteiger partial charge in [-0.3, -0.25) is 4.79 Å². The third-order valence-corrected chi connectivity index (χ3v) is 7.63. The summed E-state index contributed by atoms with van der Waals surface area (Å²) >= 11 is 10.4. The predicted molar refractivity (Wildman–Crippen MR) is 126 cm³/mol. The van der Waals surface area contributed by atoms with Gasteiger partial charge in [0.05, 0.1) is 11.4 Å². The van der Waals surface area contributed by atoms with Crippen molar-refractivity contribution in [1.82, 2.24) is 19.7 Å². The molecule has 0 aliphatic carbocycles. The lowest BCUT2D eigenvalue weighted by atomic mass is 10.2. The average molecular weight is 476 g/mol. The summed E-state index contributed by atoms with van der Waals surface area (Å²) in [5, 5.41) is 17.4. The second-order valence-corrected chi connectivity index (χ2v) is 9.90. The maximum atomic E-state index is 12.4. The third-order valence-electron chi connectivity index (χ3n) is 4.58. The van der Waals surface area contributed by atoms with Crippen LogP contribution in [-0.2, 0) is 11.8 Å². The Morgan fingerprint density at radius 1 is 1.17 bits per heavy atom. The Morgan fingerprint density at radius 2 is 1.93 bits per heavy atom. The number of thiazole rings is 1. The highest BCUT2D eigenvalue weighted by Crippen LogP contribution is 2.31. The number of nitrogens with one attached hydrogen (secondary N) is 1. The molecule has 4 rings (SSSR count). The lowest BCUT2D eigenvalue weighted by Crippen LogP contribution is -2.14. The molecule has 30 heavy (non-hydrogen) atoms. The van der Waals surface area contributed by atoms with Gasteiger partial charge in [-0.05, 0) is 31.5 Å². The van der Waals surface area contributed by atoms with E-state index in [4.69, 9.17) is 11.6 Å². The molecule has 0 aliphatic rings. The number of thiophene rings is 1. The van der Waals surface area contributed by atoms with Gasteiger partial charge in [-0.15, -0.1) is 32.9 Å². The first-order valence-corrected chi connectivity index (χ1v) is 12.1. The lowest BCUT2D eigenvalue weighted by Gasteiger charge is -2.04. The van der Waals surface area contributed by atoms with Crippen LogP contribution in [-0.4, -0.2) is 31.4 Å². The first kappa shape index (κ1) is 21.0. The van der Waals surface area contributed by atoms with Crippen molar-refractivity contribution in [3.63, 3.8) is 0 Å². The number of halogens is 1. The van der Waals surface area contributed by atoms with Crippen molar-refractivity contribution in [3.8, 4) is 22.6 Å². The number of benzene rings is 1. The molecule has 154 valence electrons. The number of nitrogens with zero attached hydrogens (tertiary/aromatic N) is 4. The minimum absolute atomic E-state index is 0.135. The van der Waals surface area contributed by atoms with E-state index in [2.05, 4.69) is 39.7 Å². The quantitative estimate of drug-likeness (QED) is 0.364. The maximum absolute atomic E-state index is 12.4. The van der Waals surface area contributed by atoms with Crippen LogP contribution in [0.5, 0.6) is 0 Å². The molecule has 10 heteroatoms. The number of thioether (sulfide) groups is 1. The molecule has 0 fully saturated rings. The van der Waals surface area contributed by atoms with Gasteiger partial charge in [-0.2, -0.15) is 0 Å². The summed E-state index contributed by atoms with van der Waals surface area (Å²) in [5.41, 5.74) is 4.06. The largest absolute Gasteiger partial charge is 0.305 e. The second kappa shape index (κ2) is 8.89. The molecule has 0 radical (unpaired) electrons. The van der Waals surface area contributed by atoms with Crippen molar-refractivity contribution in [2.75, 3.05) is 11.1 Å². The predicted octanol–water partition coefficient (Wildman–Crippen LogP) is 5.67. The summed E-state index contributed by atoms with van der Waals surface area (Å²) in [6.07, 6.45) is 0. The van der Waals surface area contributed by atoms with Gasteiger partial charge in [0.2, 0.25) is 5.91 Å². The second-order valence-electron chi connectivity index (χ2n) is 6.58. The van der Waals surface area contributed by atoms with Crippen molar-refractivity contribution in [3.05, 3.63) is 50.5 Å². The monoisotopic (exact) mass is 475 g/mol. The SMILES string of the molecule is Cc1scc(-c2nnc(SCC(=O)Nc3nc(-c4ccc(Cl)cc4)cs3)n2C)c1C. The standard InChI is InChI=1S/C20H18ClN5OS3/c1-11-12(2)28-8-15(11)18-24-25-20(26(18)3)30-10-17(27)23-19-22-16(9-29-19)13-4-6-14(21)7-5-13/h4-9H,10H2,1-3H3,(H,22,23,27). The van der Waals surface area contributed by atoms with Gasteiger partial charge in [0, 0.05) is 38.8 Å². The van der Waals surface area contributed by atoms with Crippen LogP contribution in [0.15, 0.2) is 40.2 Å². The van der Waals surface area contributed by atoms with Crippen LogP contribution in [0.25, 0.3) is 22.6 Å². The fourth-order valence-electron chi connectivity index (χ4n) is 2.78. The van der Waals surface area contributed by atoms with Crippen LogP contribution in [0.4, 0.5) is 5.13 Å². The summed E-state index contributed by atoms with van der Waals surface area (Å²) in [6.45, 7) is 4.18. The molecule has 0 atom stereocenters. The molecule has 0 bridgehead atoms. The minimum Gasteiger partial charge on any atom is -0.305 e. The van der Waals surface area contributed by atoms with Crippen LogP contribution in [0.1, 0.15) is 10.4 Å². The van der Waals surface area contributed by atoms with Crippen LogP contribution in [0.2, 0.25) is 5.02 Å². The smallest absolute Gasteiger partial charge is 0.236 e. The summed E-state index contributed by atoms with van der Waals surface area (Å²) in [6, 6.07) is 7.45. The summed E-state index contributed by atoms with van der Waals surface area (Å²) in [7, 11) is 1.92. The Kier molecular flexibility index (Phi) is 6.24. The number of hydrogen-bond donors (Lipinski definition) is 1. The molecule has 1 aromatic carbocycles. The van der Waals surface area contributed by atoms with Crippen LogP contribution < -0.4 is 5.32 Å². The molecule has 3 aromatic heterocycles. The number of amides is 1. The maximum Gasteiger partial charge on any atom is 0.236 e. The summed E-state index contributed by atoms with van der Waals surface area (Å²) < 4.78 is 1.93. The Hall–Kier alpha value is -2.20.